The second-order valence-electron chi connectivity index (χ2n) is 3.01. The number of H-pyrrole nitrogens is 1. The van der Waals surface area contributed by atoms with E-state index in [1.165, 1.54) is 0 Å². The smallest absolute Gasteiger partial charge is 0.225 e. The monoisotopic (exact) mass is 206 g/mol. The highest BCUT2D eigenvalue weighted by atomic mass is 32.1. The van der Waals surface area contributed by atoms with Crippen LogP contribution in [0, 0.1) is 11.7 Å². The molecule has 1 aromatic carbocycles. The van der Waals surface area contributed by atoms with Crippen LogP contribution in [0.5, 0.6) is 0 Å². The van der Waals surface area contributed by atoms with Crippen molar-refractivity contribution in [2.45, 2.75) is 6.92 Å². The summed E-state index contributed by atoms with van der Waals surface area (Å²) in [6, 6.07) is 7.87. The van der Waals surface area contributed by atoms with E-state index in [-0.39, 0.29) is 0 Å². The van der Waals surface area contributed by atoms with Crippen molar-refractivity contribution in [3.05, 3.63) is 34.6 Å². The van der Waals surface area contributed by atoms with Crippen molar-refractivity contribution in [3.63, 3.8) is 0 Å². The number of benzene rings is 1. The third kappa shape index (κ3) is 1.31. The van der Waals surface area contributed by atoms with Gasteiger partial charge in [-0.25, -0.2) is 5.10 Å². The van der Waals surface area contributed by atoms with Gasteiger partial charge in [-0.3, -0.25) is 4.57 Å². The van der Waals surface area contributed by atoms with Gasteiger partial charge in [0.15, 0.2) is 0 Å². The van der Waals surface area contributed by atoms with E-state index in [1.807, 2.05) is 31.2 Å². The lowest BCUT2D eigenvalue weighted by molar-refractivity contribution is 1.02. The van der Waals surface area contributed by atoms with Crippen LogP contribution in [0.15, 0.2) is 24.3 Å². The molecule has 0 aliphatic carbocycles. The Kier molecular flexibility index (Phi) is 2.09. The van der Waals surface area contributed by atoms with Crippen molar-refractivity contribution in [2.75, 3.05) is 5.73 Å². The van der Waals surface area contributed by atoms with Gasteiger partial charge in [0.2, 0.25) is 10.7 Å². The summed E-state index contributed by atoms with van der Waals surface area (Å²) in [6.45, 7) is 2.00. The number of nitrogens with one attached hydrogen (secondary N) is 1. The Hall–Kier alpha value is -1.62. The van der Waals surface area contributed by atoms with E-state index in [4.69, 9.17) is 18.0 Å². The number of aryl methyl sites for hydroxylation is 1. The maximum atomic E-state index is 5.70. The number of nitrogens with two attached hydrogens (primary N) is 1. The summed E-state index contributed by atoms with van der Waals surface area (Å²) in [4.78, 5) is 0. The Morgan fingerprint density at radius 1 is 1.43 bits per heavy atom. The third-order valence-electron chi connectivity index (χ3n) is 2.05. The van der Waals surface area contributed by atoms with Crippen LogP contribution in [-0.4, -0.2) is 14.8 Å². The zero-order valence-corrected chi connectivity index (χ0v) is 8.51. The van der Waals surface area contributed by atoms with E-state index in [1.54, 1.807) is 4.57 Å². The van der Waals surface area contributed by atoms with Gasteiger partial charge >= 0.3 is 0 Å². The summed E-state index contributed by atoms with van der Waals surface area (Å²) in [5.41, 5.74) is 7.77. The standard InChI is InChI=1S/C9H10N4S/c1-6-4-2-3-5-7(6)13-8(10)11-12-9(13)14/h2-5H,1H3,(H2,10,11)(H,12,14). The fourth-order valence-corrected chi connectivity index (χ4v) is 1.59. The topological polar surface area (TPSA) is 59.6 Å². The summed E-state index contributed by atoms with van der Waals surface area (Å²) in [5, 5.41) is 6.51. The number of rotatable bonds is 1. The normalized spacial score (nSPS) is 10.4. The Morgan fingerprint density at radius 2 is 2.14 bits per heavy atom. The number of aromatic nitrogens is 3. The Labute approximate surface area is 86.4 Å². The quantitative estimate of drug-likeness (QED) is 0.700. The van der Waals surface area contributed by atoms with Crippen LogP contribution in [0.2, 0.25) is 0 Å². The molecule has 0 spiro atoms. The van der Waals surface area contributed by atoms with Gasteiger partial charge in [0.25, 0.3) is 0 Å². The van der Waals surface area contributed by atoms with Crippen molar-refractivity contribution < 1.29 is 0 Å². The molecule has 0 unspecified atom stereocenters. The molecule has 0 bridgehead atoms. The molecule has 3 N–H and O–H groups in total. The van der Waals surface area contributed by atoms with Crippen LogP contribution in [0.3, 0.4) is 0 Å². The van der Waals surface area contributed by atoms with Crippen molar-refractivity contribution in [1.82, 2.24) is 14.8 Å². The molecule has 1 aromatic heterocycles. The molecule has 0 atom stereocenters. The Balaban J connectivity index is 2.72. The predicted molar refractivity (Wildman–Crippen MR) is 57.9 cm³/mol. The summed E-state index contributed by atoms with van der Waals surface area (Å²) < 4.78 is 2.22. The maximum Gasteiger partial charge on any atom is 0.225 e. The van der Waals surface area contributed by atoms with Gasteiger partial charge in [0, 0.05) is 0 Å². The number of hydrogen-bond acceptors (Lipinski definition) is 3. The molecule has 0 saturated heterocycles. The van der Waals surface area contributed by atoms with Gasteiger partial charge in [-0.05, 0) is 30.8 Å². The summed E-state index contributed by atoms with van der Waals surface area (Å²) >= 11 is 5.08. The first-order chi connectivity index (χ1) is 6.70. The van der Waals surface area contributed by atoms with Gasteiger partial charge in [-0.15, -0.1) is 5.10 Å². The molecule has 14 heavy (non-hydrogen) atoms. The number of nitrogen functional groups attached to an aromatic ring is 1. The zero-order chi connectivity index (χ0) is 10.1. The predicted octanol–water partition coefficient (Wildman–Crippen LogP) is 1.82. The van der Waals surface area contributed by atoms with Crippen LogP contribution in [0.1, 0.15) is 5.56 Å². The summed E-state index contributed by atoms with van der Waals surface area (Å²) in [6.07, 6.45) is 0. The van der Waals surface area contributed by atoms with Crippen LogP contribution in [-0.2, 0) is 0 Å². The molecule has 0 fully saturated rings. The first-order valence-corrected chi connectivity index (χ1v) is 4.60. The van der Waals surface area contributed by atoms with Crippen LogP contribution < -0.4 is 5.73 Å². The first-order valence-electron chi connectivity index (χ1n) is 4.19. The summed E-state index contributed by atoms with van der Waals surface area (Å²) in [7, 11) is 0. The minimum atomic E-state index is 0.379. The van der Waals surface area contributed by atoms with Crippen molar-refractivity contribution in [3.8, 4) is 5.69 Å². The highest BCUT2D eigenvalue weighted by Crippen LogP contribution is 2.16. The molecule has 2 rings (SSSR count). The minimum Gasteiger partial charge on any atom is -0.368 e. The second-order valence-corrected chi connectivity index (χ2v) is 3.40. The van der Waals surface area contributed by atoms with Crippen LogP contribution in [0.25, 0.3) is 5.69 Å². The van der Waals surface area contributed by atoms with Gasteiger partial charge in [0.1, 0.15) is 0 Å². The lowest BCUT2D eigenvalue weighted by Crippen LogP contribution is -2.02. The fourth-order valence-electron chi connectivity index (χ4n) is 1.36. The Bertz CT molecular complexity index is 512. The lowest BCUT2D eigenvalue weighted by atomic mass is 10.2. The van der Waals surface area contributed by atoms with Crippen LogP contribution in [0.4, 0.5) is 5.95 Å². The number of aromatic amines is 1. The van der Waals surface area contributed by atoms with E-state index in [0.717, 1.165) is 11.3 Å². The van der Waals surface area contributed by atoms with E-state index in [2.05, 4.69) is 10.2 Å². The zero-order valence-electron chi connectivity index (χ0n) is 7.69. The van der Waals surface area contributed by atoms with Gasteiger partial charge in [0.05, 0.1) is 5.69 Å². The third-order valence-corrected chi connectivity index (χ3v) is 2.33. The number of nitrogens with zero attached hydrogens (tertiary/aromatic N) is 2. The molecule has 0 amide bonds. The van der Waals surface area contributed by atoms with Crippen molar-refractivity contribution in [1.29, 1.82) is 0 Å². The van der Waals surface area contributed by atoms with Gasteiger partial charge in [-0.2, -0.15) is 0 Å². The second kappa shape index (κ2) is 3.26. The number of para-hydroxylation sites is 1. The first kappa shape index (κ1) is 8.96. The molecule has 4 nitrogen and oxygen atoms in total. The van der Waals surface area contributed by atoms with E-state index < -0.39 is 0 Å². The fraction of sp³-hybridized carbons (Fsp3) is 0.111. The van der Waals surface area contributed by atoms with Crippen LogP contribution >= 0.6 is 12.2 Å². The SMILES string of the molecule is Cc1ccccc1-n1c(N)n[nH]c1=S. The number of hydrogen-bond donors (Lipinski definition) is 2. The molecule has 72 valence electrons. The largest absolute Gasteiger partial charge is 0.368 e. The molecular formula is C9H10N4S. The van der Waals surface area contributed by atoms with Gasteiger partial charge < -0.3 is 5.73 Å². The average Bonchev–Trinajstić information content (AvgIpc) is 2.48. The molecule has 5 heteroatoms. The molecule has 2 aromatic rings. The van der Waals surface area contributed by atoms with Crippen molar-refractivity contribution >= 4 is 18.2 Å². The summed E-state index contributed by atoms with van der Waals surface area (Å²) in [5.74, 6) is 0.379. The van der Waals surface area contributed by atoms with Crippen molar-refractivity contribution in [2.24, 2.45) is 0 Å². The lowest BCUT2D eigenvalue weighted by Gasteiger charge is -2.06. The minimum absolute atomic E-state index is 0.379. The molecule has 0 saturated carbocycles. The molecule has 0 radical (unpaired) electrons. The highest BCUT2D eigenvalue weighted by molar-refractivity contribution is 7.71. The number of anilines is 1. The maximum absolute atomic E-state index is 5.70. The molecular weight excluding hydrogens is 196 g/mol. The van der Waals surface area contributed by atoms with E-state index >= 15 is 0 Å². The molecule has 0 aliphatic rings. The highest BCUT2D eigenvalue weighted by Gasteiger charge is 2.05. The Morgan fingerprint density at radius 3 is 2.71 bits per heavy atom. The average molecular weight is 206 g/mol. The molecule has 0 aliphatic heterocycles. The molecule has 1 heterocycles. The van der Waals surface area contributed by atoms with E-state index in [9.17, 15) is 0 Å². The van der Waals surface area contributed by atoms with E-state index in [0.29, 0.717) is 10.7 Å². The van der Waals surface area contributed by atoms with Gasteiger partial charge in [-0.1, -0.05) is 18.2 Å².